The lowest BCUT2D eigenvalue weighted by atomic mass is 9.88. The fourth-order valence-electron chi connectivity index (χ4n) is 3.83. The van der Waals surface area contributed by atoms with Crippen molar-refractivity contribution in [2.24, 2.45) is 17.8 Å². The SMILES string of the molecule is CC1CCC(NS(=O)(=O)CC(=O)N2CCC(C(=O)NC(C)C(C)C)CC2)CC1. The van der Waals surface area contributed by atoms with Gasteiger partial charge in [0.15, 0.2) is 0 Å². The summed E-state index contributed by atoms with van der Waals surface area (Å²) >= 11 is 0. The second-order valence-electron chi connectivity index (χ2n) is 9.03. The molecular formula is C20H37N3O4S. The van der Waals surface area contributed by atoms with E-state index in [9.17, 15) is 18.0 Å². The Morgan fingerprint density at radius 2 is 1.57 bits per heavy atom. The smallest absolute Gasteiger partial charge is 0.239 e. The highest BCUT2D eigenvalue weighted by Gasteiger charge is 2.31. The summed E-state index contributed by atoms with van der Waals surface area (Å²) in [6.07, 6.45) is 4.87. The van der Waals surface area contributed by atoms with Crippen LogP contribution < -0.4 is 10.0 Å². The van der Waals surface area contributed by atoms with Gasteiger partial charge in [0.25, 0.3) is 0 Å². The zero-order valence-electron chi connectivity index (χ0n) is 17.7. The van der Waals surface area contributed by atoms with Gasteiger partial charge in [0.05, 0.1) is 0 Å². The minimum atomic E-state index is -3.62. The Morgan fingerprint density at radius 1 is 1.00 bits per heavy atom. The number of amides is 2. The summed E-state index contributed by atoms with van der Waals surface area (Å²) in [5.41, 5.74) is 0. The quantitative estimate of drug-likeness (QED) is 0.664. The van der Waals surface area contributed by atoms with E-state index in [1.54, 1.807) is 4.90 Å². The number of sulfonamides is 1. The highest BCUT2D eigenvalue weighted by atomic mass is 32.2. The first kappa shape index (κ1) is 23.1. The van der Waals surface area contributed by atoms with E-state index in [0.717, 1.165) is 25.7 Å². The zero-order chi connectivity index (χ0) is 20.9. The van der Waals surface area contributed by atoms with Gasteiger partial charge in [0.1, 0.15) is 5.75 Å². The van der Waals surface area contributed by atoms with Gasteiger partial charge in [-0.3, -0.25) is 9.59 Å². The Balaban J connectivity index is 1.77. The molecule has 2 rings (SSSR count). The van der Waals surface area contributed by atoms with Crippen molar-refractivity contribution in [1.82, 2.24) is 14.9 Å². The average molecular weight is 416 g/mol. The maximum absolute atomic E-state index is 12.5. The van der Waals surface area contributed by atoms with Crippen molar-refractivity contribution in [2.45, 2.75) is 78.3 Å². The Morgan fingerprint density at radius 3 is 2.11 bits per heavy atom. The van der Waals surface area contributed by atoms with Crippen molar-refractivity contribution in [2.75, 3.05) is 18.8 Å². The number of hydrogen-bond donors (Lipinski definition) is 2. The topological polar surface area (TPSA) is 95.6 Å². The van der Waals surface area contributed by atoms with Gasteiger partial charge in [-0.2, -0.15) is 0 Å². The number of rotatable bonds is 7. The number of carbonyl (C=O) groups is 2. The van der Waals surface area contributed by atoms with E-state index in [1.165, 1.54) is 0 Å². The van der Waals surface area contributed by atoms with Gasteiger partial charge in [0.2, 0.25) is 21.8 Å². The summed E-state index contributed by atoms with van der Waals surface area (Å²) in [4.78, 5) is 26.4. The summed E-state index contributed by atoms with van der Waals surface area (Å²) in [5.74, 6) is 0.0739. The number of nitrogens with zero attached hydrogens (tertiary/aromatic N) is 1. The first-order valence-corrected chi connectivity index (χ1v) is 12.3. The van der Waals surface area contributed by atoms with Crippen LogP contribution in [0.4, 0.5) is 0 Å². The van der Waals surface area contributed by atoms with Crippen LogP contribution in [-0.2, 0) is 19.6 Å². The predicted octanol–water partition coefficient (Wildman–Crippen LogP) is 1.88. The monoisotopic (exact) mass is 415 g/mol. The fraction of sp³-hybridized carbons (Fsp3) is 0.900. The minimum Gasteiger partial charge on any atom is -0.353 e. The summed E-state index contributed by atoms with van der Waals surface area (Å²) in [6, 6.07) is 0.0672. The number of likely N-dealkylation sites (tertiary alicyclic amines) is 1. The van der Waals surface area contributed by atoms with Gasteiger partial charge in [0, 0.05) is 31.1 Å². The number of carbonyl (C=O) groups excluding carboxylic acids is 2. The van der Waals surface area contributed by atoms with Crippen molar-refractivity contribution in [3.63, 3.8) is 0 Å². The highest BCUT2D eigenvalue weighted by Crippen LogP contribution is 2.24. The normalized spacial score (nSPS) is 25.5. The van der Waals surface area contributed by atoms with E-state index in [2.05, 4.69) is 30.8 Å². The van der Waals surface area contributed by atoms with Crippen molar-refractivity contribution in [1.29, 1.82) is 0 Å². The molecule has 0 aromatic heterocycles. The van der Waals surface area contributed by atoms with Crippen LogP contribution in [0.1, 0.15) is 66.2 Å². The molecule has 0 aromatic carbocycles. The van der Waals surface area contributed by atoms with E-state index in [1.807, 2.05) is 6.92 Å². The molecule has 7 nitrogen and oxygen atoms in total. The molecule has 0 spiro atoms. The number of hydrogen-bond acceptors (Lipinski definition) is 4. The third kappa shape index (κ3) is 7.03. The molecule has 1 unspecified atom stereocenters. The average Bonchev–Trinajstić information content (AvgIpc) is 2.63. The molecule has 1 atom stereocenters. The Labute approximate surface area is 170 Å². The lowest BCUT2D eigenvalue weighted by molar-refractivity contribution is -0.134. The molecule has 2 N–H and O–H groups in total. The summed E-state index contributed by atoms with van der Waals surface area (Å²) in [6.45, 7) is 9.17. The highest BCUT2D eigenvalue weighted by molar-refractivity contribution is 7.90. The molecule has 162 valence electrons. The van der Waals surface area contributed by atoms with Crippen LogP contribution in [0.15, 0.2) is 0 Å². The third-order valence-corrected chi connectivity index (χ3v) is 7.58. The molecule has 2 amide bonds. The number of piperidine rings is 1. The van der Waals surface area contributed by atoms with Crippen LogP contribution in [-0.4, -0.2) is 56.1 Å². The van der Waals surface area contributed by atoms with Crippen LogP contribution in [0.2, 0.25) is 0 Å². The van der Waals surface area contributed by atoms with E-state index in [0.29, 0.717) is 37.8 Å². The molecule has 0 bridgehead atoms. The second-order valence-corrected chi connectivity index (χ2v) is 10.8. The van der Waals surface area contributed by atoms with E-state index in [-0.39, 0.29) is 29.8 Å². The predicted molar refractivity (Wildman–Crippen MR) is 110 cm³/mol. The van der Waals surface area contributed by atoms with Gasteiger partial charge in [-0.15, -0.1) is 0 Å². The molecule has 2 fully saturated rings. The standard InChI is InChI=1S/C20H37N3O4S/c1-14(2)16(4)21-20(25)17-9-11-23(12-10-17)19(24)13-28(26,27)22-18-7-5-15(3)6-8-18/h14-18,22H,5-13H2,1-4H3,(H,21,25). The van der Waals surface area contributed by atoms with E-state index >= 15 is 0 Å². The molecule has 0 radical (unpaired) electrons. The Bertz CT molecular complexity index is 634. The van der Waals surface area contributed by atoms with Gasteiger partial charge in [-0.25, -0.2) is 13.1 Å². The maximum atomic E-state index is 12.5. The summed E-state index contributed by atoms with van der Waals surface area (Å²) in [7, 11) is -3.62. The van der Waals surface area contributed by atoms with Gasteiger partial charge < -0.3 is 10.2 Å². The van der Waals surface area contributed by atoms with Crippen molar-refractivity contribution >= 4 is 21.8 Å². The van der Waals surface area contributed by atoms with Crippen LogP contribution >= 0.6 is 0 Å². The molecule has 1 heterocycles. The molecular weight excluding hydrogens is 378 g/mol. The molecule has 1 aliphatic heterocycles. The van der Waals surface area contributed by atoms with E-state index in [4.69, 9.17) is 0 Å². The minimum absolute atomic E-state index is 0.0362. The van der Waals surface area contributed by atoms with Crippen molar-refractivity contribution in [3.8, 4) is 0 Å². The molecule has 2 aliphatic rings. The van der Waals surface area contributed by atoms with Crippen LogP contribution in [0, 0.1) is 17.8 Å². The fourth-order valence-corrected chi connectivity index (χ4v) is 5.16. The summed E-state index contributed by atoms with van der Waals surface area (Å²) < 4.78 is 27.4. The van der Waals surface area contributed by atoms with Crippen LogP contribution in [0.5, 0.6) is 0 Å². The summed E-state index contributed by atoms with van der Waals surface area (Å²) in [5, 5.41) is 3.03. The molecule has 1 aliphatic carbocycles. The molecule has 1 saturated heterocycles. The van der Waals surface area contributed by atoms with Crippen molar-refractivity contribution in [3.05, 3.63) is 0 Å². The molecule has 0 aromatic rings. The Hall–Kier alpha value is -1.15. The van der Waals surface area contributed by atoms with Gasteiger partial charge in [-0.05, 0) is 57.3 Å². The second kappa shape index (κ2) is 10.1. The first-order valence-electron chi connectivity index (χ1n) is 10.7. The van der Waals surface area contributed by atoms with Crippen LogP contribution in [0.3, 0.4) is 0 Å². The zero-order valence-corrected chi connectivity index (χ0v) is 18.6. The first-order chi connectivity index (χ1) is 13.1. The van der Waals surface area contributed by atoms with Crippen LogP contribution in [0.25, 0.3) is 0 Å². The molecule has 1 saturated carbocycles. The Kier molecular flexibility index (Phi) is 8.30. The van der Waals surface area contributed by atoms with E-state index < -0.39 is 15.8 Å². The lowest BCUT2D eigenvalue weighted by Crippen LogP contribution is -2.48. The van der Waals surface area contributed by atoms with Gasteiger partial charge >= 0.3 is 0 Å². The van der Waals surface area contributed by atoms with Gasteiger partial charge in [-0.1, -0.05) is 20.8 Å². The lowest BCUT2D eigenvalue weighted by Gasteiger charge is -2.32. The number of nitrogens with one attached hydrogen (secondary N) is 2. The largest absolute Gasteiger partial charge is 0.353 e. The molecule has 28 heavy (non-hydrogen) atoms. The van der Waals surface area contributed by atoms with Crippen molar-refractivity contribution < 1.29 is 18.0 Å². The third-order valence-electron chi connectivity index (χ3n) is 6.26. The molecule has 8 heteroatoms. The maximum Gasteiger partial charge on any atom is 0.239 e.